The Hall–Kier alpha value is -3.12. The molecule has 0 radical (unpaired) electrons. The lowest BCUT2D eigenvalue weighted by molar-refractivity contribution is 0.0529. The number of thiophene rings is 1. The SMILES string of the molecule is CCOC(=O)c1c(-c2ccc(OC)cc2)csc1NC(=O)c1ccc(C(C)(C)C)cc1. The van der Waals surface area contributed by atoms with E-state index in [0.717, 1.165) is 16.9 Å². The highest BCUT2D eigenvalue weighted by atomic mass is 32.1. The fraction of sp³-hybridized carbons (Fsp3) is 0.280. The number of benzene rings is 2. The van der Waals surface area contributed by atoms with E-state index in [-0.39, 0.29) is 17.9 Å². The Morgan fingerprint density at radius 1 is 1.00 bits per heavy atom. The van der Waals surface area contributed by atoms with Crippen LogP contribution in [0.5, 0.6) is 5.75 Å². The van der Waals surface area contributed by atoms with Gasteiger partial charge in [-0.3, -0.25) is 4.79 Å². The standard InChI is InChI=1S/C25H27NO4S/c1-6-30-24(28)21-20(16-9-13-19(29-5)14-10-16)15-31-23(21)26-22(27)17-7-11-18(12-8-17)25(2,3)4/h7-15H,6H2,1-5H3,(H,26,27). The van der Waals surface area contributed by atoms with Gasteiger partial charge >= 0.3 is 5.97 Å². The van der Waals surface area contributed by atoms with Crippen LogP contribution in [0.2, 0.25) is 0 Å². The molecule has 0 atom stereocenters. The molecule has 0 saturated heterocycles. The van der Waals surface area contributed by atoms with Crippen molar-refractivity contribution in [3.8, 4) is 16.9 Å². The summed E-state index contributed by atoms with van der Waals surface area (Å²) < 4.78 is 10.5. The number of anilines is 1. The fourth-order valence-corrected chi connectivity index (χ4v) is 4.09. The summed E-state index contributed by atoms with van der Waals surface area (Å²) in [6.45, 7) is 8.38. The molecule has 0 aliphatic carbocycles. The molecule has 1 N–H and O–H groups in total. The lowest BCUT2D eigenvalue weighted by Gasteiger charge is -2.19. The zero-order valence-electron chi connectivity index (χ0n) is 18.4. The number of amides is 1. The van der Waals surface area contributed by atoms with Crippen molar-refractivity contribution < 1.29 is 19.1 Å². The molecule has 2 aromatic carbocycles. The molecule has 6 heteroatoms. The predicted molar refractivity (Wildman–Crippen MR) is 125 cm³/mol. The third kappa shape index (κ3) is 5.14. The molecular formula is C25H27NO4S. The van der Waals surface area contributed by atoms with Gasteiger partial charge in [-0.25, -0.2) is 4.79 Å². The van der Waals surface area contributed by atoms with Crippen molar-refractivity contribution in [2.75, 3.05) is 19.0 Å². The van der Waals surface area contributed by atoms with Crippen molar-refractivity contribution in [3.05, 3.63) is 70.6 Å². The van der Waals surface area contributed by atoms with E-state index < -0.39 is 5.97 Å². The highest BCUT2D eigenvalue weighted by Gasteiger charge is 2.23. The van der Waals surface area contributed by atoms with E-state index >= 15 is 0 Å². The highest BCUT2D eigenvalue weighted by molar-refractivity contribution is 7.15. The molecule has 31 heavy (non-hydrogen) atoms. The fourth-order valence-electron chi connectivity index (χ4n) is 3.14. The number of hydrogen-bond donors (Lipinski definition) is 1. The summed E-state index contributed by atoms with van der Waals surface area (Å²) in [6.07, 6.45) is 0. The van der Waals surface area contributed by atoms with Gasteiger partial charge in [0.05, 0.1) is 13.7 Å². The van der Waals surface area contributed by atoms with Gasteiger partial charge in [-0.05, 0) is 47.7 Å². The molecule has 5 nitrogen and oxygen atoms in total. The van der Waals surface area contributed by atoms with E-state index in [1.807, 2.05) is 41.8 Å². The maximum absolute atomic E-state index is 12.9. The molecule has 0 saturated carbocycles. The van der Waals surface area contributed by atoms with Crippen LogP contribution in [0.3, 0.4) is 0 Å². The Balaban J connectivity index is 1.92. The molecule has 0 unspecified atom stereocenters. The van der Waals surface area contributed by atoms with Crippen LogP contribution in [0.25, 0.3) is 11.1 Å². The maximum Gasteiger partial charge on any atom is 0.341 e. The second-order valence-electron chi connectivity index (χ2n) is 8.08. The topological polar surface area (TPSA) is 64.6 Å². The first-order valence-electron chi connectivity index (χ1n) is 10.1. The Kier molecular flexibility index (Phi) is 6.81. The van der Waals surface area contributed by atoms with Crippen molar-refractivity contribution in [1.29, 1.82) is 0 Å². The smallest absolute Gasteiger partial charge is 0.341 e. The van der Waals surface area contributed by atoms with Crippen molar-refractivity contribution in [3.63, 3.8) is 0 Å². The van der Waals surface area contributed by atoms with Crippen LogP contribution >= 0.6 is 11.3 Å². The highest BCUT2D eigenvalue weighted by Crippen LogP contribution is 2.37. The Morgan fingerprint density at radius 3 is 2.19 bits per heavy atom. The van der Waals surface area contributed by atoms with Gasteiger partial charge in [-0.1, -0.05) is 45.0 Å². The van der Waals surface area contributed by atoms with Crippen LogP contribution < -0.4 is 10.1 Å². The normalized spacial score (nSPS) is 11.1. The van der Waals surface area contributed by atoms with Crippen LogP contribution in [0.4, 0.5) is 5.00 Å². The average Bonchev–Trinajstić information content (AvgIpc) is 3.17. The van der Waals surface area contributed by atoms with E-state index in [0.29, 0.717) is 21.7 Å². The minimum absolute atomic E-state index is 0.00705. The molecule has 3 aromatic rings. The van der Waals surface area contributed by atoms with Gasteiger partial charge in [0.15, 0.2) is 0 Å². The summed E-state index contributed by atoms with van der Waals surface area (Å²) in [4.78, 5) is 25.6. The van der Waals surface area contributed by atoms with E-state index in [4.69, 9.17) is 9.47 Å². The van der Waals surface area contributed by atoms with Gasteiger partial charge in [0, 0.05) is 16.5 Å². The first kappa shape index (κ1) is 22.6. The van der Waals surface area contributed by atoms with Gasteiger partial charge < -0.3 is 14.8 Å². The van der Waals surface area contributed by atoms with Crippen LogP contribution in [-0.4, -0.2) is 25.6 Å². The lowest BCUT2D eigenvalue weighted by Crippen LogP contribution is -2.16. The average molecular weight is 438 g/mol. The maximum atomic E-state index is 12.9. The number of hydrogen-bond acceptors (Lipinski definition) is 5. The molecule has 0 fully saturated rings. The van der Waals surface area contributed by atoms with Crippen LogP contribution in [0.1, 0.15) is 54.0 Å². The van der Waals surface area contributed by atoms with Crippen LogP contribution in [0, 0.1) is 0 Å². The second-order valence-corrected chi connectivity index (χ2v) is 8.96. The van der Waals surface area contributed by atoms with E-state index in [9.17, 15) is 9.59 Å². The molecule has 1 heterocycles. The Morgan fingerprint density at radius 2 is 1.65 bits per heavy atom. The van der Waals surface area contributed by atoms with Gasteiger partial charge in [-0.2, -0.15) is 0 Å². The third-order valence-electron chi connectivity index (χ3n) is 4.91. The van der Waals surface area contributed by atoms with Crippen molar-refractivity contribution >= 4 is 28.2 Å². The first-order chi connectivity index (χ1) is 14.7. The summed E-state index contributed by atoms with van der Waals surface area (Å²) in [5.74, 6) is -0.00835. The number of carbonyl (C=O) groups excluding carboxylic acids is 2. The molecule has 0 bridgehead atoms. The van der Waals surface area contributed by atoms with Gasteiger partial charge in [0.1, 0.15) is 16.3 Å². The minimum atomic E-state index is -0.465. The number of methoxy groups -OCH3 is 1. The molecular weight excluding hydrogens is 410 g/mol. The predicted octanol–water partition coefficient (Wildman–Crippen LogP) is 6.15. The van der Waals surface area contributed by atoms with Crippen LogP contribution in [0.15, 0.2) is 53.9 Å². The molecule has 3 rings (SSSR count). The van der Waals surface area contributed by atoms with Gasteiger partial charge in [0.25, 0.3) is 5.91 Å². The summed E-state index contributed by atoms with van der Waals surface area (Å²) in [5, 5.41) is 5.21. The summed E-state index contributed by atoms with van der Waals surface area (Å²) in [5.41, 5.74) is 3.60. The number of ether oxygens (including phenoxy) is 2. The molecule has 0 spiro atoms. The first-order valence-corrected chi connectivity index (χ1v) is 11.0. The number of nitrogens with one attached hydrogen (secondary N) is 1. The second kappa shape index (κ2) is 9.35. The zero-order valence-corrected chi connectivity index (χ0v) is 19.3. The number of carbonyl (C=O) groups is 2. The summed E-state index contributed by atoms with van der Waals surface area (Å²) in [6, 6.07) is 14.9. The van der Waals surface area contributed by atoms with Gasteiger partial charge in [-0.15, -0.1) is 11.3 Å². The summed E-state index contributed by atoms with van der Waals surface area (Å²) >= 11 is 1.30. The summed E-state index contributed by atoms with van der Waals surface area (Å²) in [7, 11) is 1.60. The molecule has 162 valence electrons. The van der Waals surface area contributed by atoms with Crippen molar-refractivity contribution in [2.24, 2.45) is 0 Å². The number of rotatable bonds is 6. The van der Waals surface area contributed by atoms with E-state index in [1.54, 1.807) is 26.2 Å². The monoisotopic (exact) mass is 437 g/mol. The van der Waals surface area contributed by atoms with Crippen LogP contribution in [-0.2, 0) is 10.2 Å². The Labute approximate surface area is 187 Å². The minimum Gasteiger partial charge on any atom is -0.497 e. The van der Waals surface area contributed by atoms with Gasteiger partial charge in [0.2, 0.25) is 0 Å². The quantitative estimate of drug-likeness (QED) is 0.470. The third-order valence-corrected chi connectivity index (χ3v) is 5.81. The van der Waals surface area contributed by atoms with E-state index in [1.165, 1.54) is 11.3 Å². The lowest BCUT2D eigenvalue weighted by atomic mass is 9.87. The molecule has 0 aliphatic rings. The molecule has 1 amide bonds. The largest absolute Gasteiger partial charge is 0.497 e. The Bertz CT molecular complexity index is 1060. The molecule has 1 aromatic heterocycles. The van der Waals surface area contributed by atoms with Crippen molar-refractivity contribution in [1.82, 2.24) is 0 Å². The zero-order chi connectivity index (χ0) is 22.6. The van der Waals surface area contributed by atoms with Crippen molar-refractivity contribution in [2.45, 2.75) is 33.1 Å². The molecule has 0 aliphatic heterocycles. The van der Waals surface area contributed by atoms with E-state index in [2.05, 4.69) is 26.1 Å². The number of esters is 1.